The number of hydrogen-bond acceptors (Lipinski definition) is 1. The Balaban J connectivity index is 3.47. The molecule has 0 N–H and O–H groups in total. The van der Waals surface area contributed by atoms with Gasteiger partial charge in [-0.25, -0.2) is 13.8 Å². The lowest BCUT2D eigenvalue weighted by atomic mass is 10.1. The van der Waals surface area contributed by atoms with Crippen LogP contribution in [0.25, 0.3) is 0 Å². The molecule has 0 saturated carbocycles. The van der Waals surface area contributed by atoms with E-state index >= 15 is 0 Å². The molecule has 0 fully saturated rings. The van der Waals surface area contributed by atoms with Gasteiger partial charge in [-0.05, 0) is 6.07 Å². The quantitative estimate of drug-likeness (QED) is 0.576. The summed E-state index contributed by atoms with van der Waals surface area (Å²) in [5.74, 6) is -0.341. The third-order valence-electron chi connectivity index (χ3n) is 1.68. The molecule has 1 nitrogen and oxygen atoms in total. The van der Waals surface area contributed by atoms with Gasteiger partial charge in [0, 0.05) is 0 Å². The van der Waals surface area contributed by atoms with Crippen LogP contribution in [0.15, 0.2) is 6.07 Å². The van der Waals surface area contributed by atoms with Crippen LogP contribution in [0.1, 0.15) is 23.4 Å². The predicted octanol–water partition coefficient (Wildman–Crippen LogP) is 4.43. The number of nitrogens with zero attached hydrogens (tertiary/aromatic N) is 1. The molecule has 0 amide bonds. The van der Waals surface area contributed by atoms with Gasteiger partial charge < -0.3 is 0 Å². The Morgan fingerprint density at radius 2 is 1.88 bits per heavy atom. The standard InChI is InChI=1S/C8H4Cl2F5N/c9-2-3-1-4(10)5(7(11)12)6(16-3)8(13,14)15/h1,7H,2H2. The molecule has 0 aliphatic carbocycles. The number of rotatable bonds is 2. The summed E-state index contributed by atoms with van der Waals surface area (Å²) in [6.07, 6.45) is -8.33. The third-order valence-corrected chi connectivity index (χ3v) is 2.27. The fourth-order valence-corrected chi connectivity index (χ4v) is 1.50. The van der Waals surface area contributed by atoms with Crippen molar-refractivity contribution in [2.45, 2.75) is 18.5 Å². The normalized spacial score (nSPS) is 12.2. The van der Waals surface area contributed by atoms with E-state index in [4.69, 9.17) is 23.2 Å². The lowest BCUT2D eigenvalue weighted by Crippen LogP contribution is -2.14. The zero-order valence-electron chi connectivity index (χ0n) is 7.45. The Labute approximate surface area is 97.2 Å². The van der Waals surface area contributed by atoms with Gasteiger partial charge in [0.1, 0.15) is 0 Å². The molecule has 0 aliphatic rings. The van der Waals surface area contributed by atoms with Crippen LogP contribution < -0.4 is 0 Å². The van der Waals surface area contributed by atoms with Gasteiger partial charge in [0.25, 0.3) is 6.43 Å². The van der Waals surface area contributed by atoms with Crippen molar-refractivity contribution in [2.24, 2.45) is 0 Å². The van der Waals surface area contributed by atoms with Gasteiger partial charge in [0.15, 0.2) is 5.69 Å². The molecule has 0 aromatic carbocycles. The third kappa shape index (κ3) is 2.74. The van der Waals surface area contributed by atoms with Crippen LogP contribution in [0.5, 0.6) is 0 Å². The van der Waals surface area contributed by atoms with E-state index in [-0.39, 0.29) is 11.6 Å². The maximum atomic E-state index is 12.4. The summed E-state index contributed by atoms with van der Waals surface area (Å²) in [7, 11) is 0. The minimum absolute atomic E-state index is 0.205. The lowest BCUT2D eigenvalue weighted by Gasteiger charge is -2.13. The number of halogens is 7. The molecule has 0 radical (unpaired) electrons. The molecule has 0 atom stereocenters. The molecule has 0 aliphatic heterocycles. The minimum Gasteiger partial charge on any atom is -0.246 e. The van der Waals surface area contributed by atoms with Gasteiger partial charge in [0.2, 0.25) is 0 Å². The van der Waals surface area contributed by atoms with Crippen molar-refractivity contribution in [2.75, 3.05) is 0 Å². The van der Waals surface area contributed by atoms with Gasteiger partial charge >= 0.3 is 6.18 Å². The highest BCUT2D eigenvalue weighted by molar-refractivity contribution is 6.31. The summed E-state index contributed by atoms with van der Waals surface area (Å²) in [5, 5.41) is -0.687. The molecule has 0 bridgehead atoms. The van der Waals surface area contributed by atoms with E-state index < -0.39 is 28.9 Å². The molecular formula is C8H4Cl2F5N. The Morgan fingerprint density at radius 1 is 1.31 bits per heavy atom. The van der Waals surface area contributed by atoms with Crippen LogP contribution in [0.4, 0.5) is 22.0 Å². The smallest absolute Gasteiger partial charge is 0.246 e. The monoisotopic (exact) mass is 279 g/mol. The topological polar surface area (TPSA) is 12.9 Å². The largest absolute Gasteiger partial charge is 0.433 e. The highest BCUT2D eigenvalue weighted by Gasteiger charge is 2.39. The van der Waals surface area contributed by atoms with Crippen molar-refractivity contribution in [1.82, 2.24) is 4.98 Å². The summed E-state index contributed by atoms with van der Waals surface area (Å²) >= 11 is 10.6. The molecule has 1 rings (SSSR count). The Morgan fingerprint density at radius 3 is 2.25 bits per heavy atom. The lowest BCUT2D eigenvalue weighted by molar-refractivity contribution is -0.143. The van der Waals surface area contributed by atoms with Crippen molar-refractivity contribution in [3.05, 3.63) is 28.0 Å². The summed E-state index contributed by atoms with van der Waals surface area (Å²) in [6, 6.07) is 0.894. The number of aromatic nitrogens is 1. The number of alkyl halides is 6. The molecule has 1 aromatic heterocycles. The average Bonchev–Trinajstić information content (AvgIpc) is 2.14. The first-order chi connectivity index (χ1) is 7.27. The van der Waals surface area contributed by atoms with Gasteiger partial charge in [-0.3, -0.25) is 0 Å². The summed E-state index contributed by atoms with van der Waals surface area (Å²) in [5.41, 5.74) is -3.21. The molecule has 0 unspecified atom stereocenters. The van der Waals surface area contributed by atoms with Crippen molar-refractivity contribution in [1.29, 1.82) is 0 Å². The first kappa shape index (κ1) is 13.4. The summed E-state index contributed by atoms with van der Waals surface area (Å²) < 4.78 is 62.0. The Kier molecular flexibility index (Phi) is 3.96. The maximum absolute atomic E-state index is 12.4. The SMILES string of the molecule is FC(F)c1c(Cl)cc(CCl)nc1C(F)(F)F. The van der Waals surface area contributed by atoms with E-state index in [1.54, 1.807) is 0 Å². The van der Waals surface area contributed by atoms with Gasteiger partial charge in [-0.15, -0.1) is 11.6 Å². The van der Waals surface area contributed by atoms with Gasteiger partial charge in [0.05, 0.1) is 22.2 Å². The molecule has 1 aromatic rings. The first-order valence-electron chi connectivity index (χ1n) is 3.88. The molecule has 0 saturated heterocycles. The van der Waals surface area contributed by atoms with Crippen molar-refractivity contribution in [3.63, 3.8) is 0 Å². The fraction of sp³-hybridized carbons (Fsp3) is 0.375. The minimum atomic E-state index is -4.99. The highest BCUT2D eigenvalue weighted by atomic mass is 35.5. The number of pyridine rings is 1. The van der Waals surface area contributed by atoms with Gasteiger partial charge in [-0.1, -0.05) is 11.6 Å². The number of hydrogen-bond donors (Lipinski definition) is 0. The summed E-state index contributed by atoms with van der Waals surface area (Å²) in [6.45, 7) is 0. The molecule has 1 heterocycles. The van der Waals surface area contributed by atoms with E-state index in [2.05, 4.69) is 4.98 Å². The second kappa shape index (κ2) is 4.71. The van der Waals surface area contributed by atoms with Crippen LogP contribution in [0, 0.1) is 0 Å². The van der Waals surface area contributed by atoms with E-state index in [1.807, 2.05) is 0 Å². The zero-order chi connectivity index (χ0) is 12.5. The van der Waals surface area contributed by atoms with E-state index in [0.717, 1.165) is 6.07 Å². The average molecular weight is 280 g/mol. The van der Waals surface area contributed by atoms with Gasteiger partial charge in [-0.2, -0.15) is 13.2 Å². The Bertz CT molecular complexity index is 391. The molecule has 0 spiro atoms. The predicted molar refractivity (Wildman–Crippen MR) is 48.8 cm³/mol. The molecule has 90 valence electrons. The van der Waals surface area contributed by atoms with Crippen LogP contribution >= 0.6 is 23.2 Å². The maximum Gasteiger partial charge on any atom is 0.433 e. The fourth-order valence-electron chi connectivity index (χ4n) is 1.07. The zero-order valence-corrected chi connectivity index (χ0v) is 8.97. The van der Waals surface area contributed by atoms with Crippen LogP contribution in [0.2, 0.25) is 5.02 Å². The van der Waals surface area contributed by atoms with E-state index in [1.165, 1.54) is 0 Å². The molecule has 8 heteroatoms. The van der Waals surface area contributed by atoms with Crippen molar-refractivity contribution < 1.29 is 22.0 Å². The van der Waals surface area contributed by atoms with Crippen LogP contribution in [-0.4, -0.2) is 4.98 Å². The summed E-state index contributed by atoms with van der Waals surface area (Å²) in [4.78, 5) is 3.02. The van der Waals surface area contributed by atoms with Crippen molar-refractivity contribution in [3.8, 4) is 0 Å². The van der Waals surface area contributed by atoms with Crippen LogP contribution in [0.3, 0.4) is 0 Å². The van der Waals surface area contributed by atoms with Crippen LogP contribution in [-0.2, 0) is 12.1 Å². The van der Waals surface area contributed by atoms with Crippen molar-refractivity contribution >= 4 is 23.2 Å². The highest BCUT2D eigenvalue weighted by Crippen LogP contribution is 2.39. The molecular weight excluding hydrogens is 276 g/mol. The van der Waals surface area contributed by atoms with E-state index in [0.29, 0.717) is 0 Å². The molecule has 16 heavy (non-hydrogen) atoms. The second-order valence-electron chi connectivity index (χ2n) is 2.79. The van der Waals surface area contributed by atoms with E-state index in [9.17, 15) is 22.0 Å². The Hall–Kier alpha value is -0.620. The first-order valence-corrected chi connectivity index (χ1v) is 4.79. The second-order valence-corrected chi connectivity index (χ2v) is 3.46.